The lowest BCUT2D eigenvalue weighted by atomic mass is 10.0. The number of hydrogen-bond donors (Lipinski definition) is 1. The molecule has 0 saturated heterocycles. The molecule has 0 saturated carbocycles. The molecule has 0 aliphatic carbocycles. The van der Waals surface area contributed by atoms with Gasteiger partial charge in [-0.05, 0) is 35.1 Å². The first-order valence-corrected chi connectivity index (χ1v) is 9.88. The first-order chi connectivity index (χ1) is 12.1. The van der Waals surface area contributed by atoms with Gasteiger partial charge in [0.25, 0.3) is 0 Å². The van der Waals surface area contributed by atoms with Crippen molar-refractivity contribution in [2.75, 3.05) is 12.3 Å². The van der Waals surface area contributed by atoms with Crippen LogP contribution in [0, 0.1) is 5.82 Å². The highest BCUT2D eigenvalue weighted by Crippen LogP contribution is 2.16. The smallest absolute Gasteiger partial charge is 0.220 e. The predicted molar refractivity (Wildman–Crippen MR) is 104 cm³/mol. The Morgan fingerprint density at radius 3 is 2.52 bits per heavy atom. The van der Waals surface area contributed by atoms with Gasteiger partial charge in [-0.1, -0.05) is 56.3 Å². The summed E-state index contributed by atoms with van der Waals surface area (Å²) in [6, 6.07) is 15.3. The van der Waals surface area contributed by atoms with Crippen molar-refractivity contribution in [3.05, 3.63) is 71.0 Å². The van der Waals surface area contributed by atoms with Crippen molar-refractivity contribution in [1.82, 2.24) is 5.32 Å². The van der Waals surface area contributed by atoms with Crippen LogP contribution in [-0.4, -0.2) is 18.2 Å². The molecule has 0 unspecified atom stereocenters. The third-order valence-corrected chi connectivity index (χ3v) is 5.08. The van der Waals surface area contributed by atoms with E-state index >= 15 is 0 Å². The Morgan fingerprint density at radius 1 is 1.12 bits per heavy atom. The quantitative estimate of drug-likeness (QED) is 0.643. The van der Waals surface area contributed by atoms with Gasteiger partial charge in [0, 0.05) is 24.5 Å². The minimum Gasteiger partial charge on any atom is -0.355 e. The van der Waals surface area contributed by atoms with Crippen molar-refractivity contribution in [3.63, 3.8) is 0 Å². The maximum absolute atomic E-state index is 13.5. The summed E-state index contributed by atoms with van der Waals surface area (Å²) in [7, 11) is 0. The van der Waals surface area contributed by atoms with E-state index in [0.29, 0.717) is 30.2 Å². The normalized spacial score (nSPS) is 10.9. The molecule has 1 N–H and O–H groups in total. The van der Waals surface area contributed by atoms with Crippen LogP contribution >= 0.6 is 11.8 Å². The third kappa shape index (κ3) is 6.91. The Morgan fingerprint density at radius 2 is 1.84 bits per heavy atom. The summed E-state index contributed by atoms with van der Waals surface area (Å²) >= 11 is 1.63. The molecule has 2 aromatic carbocycles. The number of rotatable bonds is 9. The summed E-state index contributed by atoms with van der Waals surface area (Å²) in [6.07, 6.45) is 1.26. The molecule has 0 fully saturated rings. The number of benzene rings is 2. The SMILES string of the molecule is CC(C)c1ccc(CCC(=O)NCCSCc2ccccc2F)cc1. The zero-order valence-corrected chi connectivity index (χ0v) is 15.7. The maximum atomic E-state index is 13.5. The summed E-state index contributed by atoms with van der Waals surface area (Å²) in [5.74, 6) is 1.84. The number of thioether (sulfide) groups is 1. The maximum Gasteiger partial charge on any atom is 0.220 e. The predicted octanol–water partition coefficient (Wildman–Crippen LogP) is 4.93. The molecule has 25 heavy (non-hydrogen) atoms. The fourth-order valence-electron chi connectivity index (χ4n) is 2.48. The molecule has 2 aromatic rings. The van der Waals surface area contributed by atoms with Crippen LogP contribution in [0.5, 0.6) is 0 Å². The van der Waals surface area contributed by atoms with Crippen LogP contribution in [0.3, 0.4) is 0 Å². The second-order valence-corrected chi connectivity index (χ2v) is 7.50. The van der Waals surface area contributed by atoms with Crippen LogP contribution in [0.4, 0.5) is 4.39 Å². The van der Waals surface area contributed by atoms with Crippen LogP contribution in [0.25, 0.3) is 0 Å². The average molecular weight is 360 g/mol. The van der Waals surface area contributed by atoms with Gasteiger partial charge in [-0.25, -0.2) is 4.39 Å². The fourth-order valence-corrected chi connectivity index (χ4v) is 3.32. The Balaban J connectivity index is 1.60. The topological polar surface area (TPSA) is 29.1 Å². The van der Waals surface area contributed by atoms with E-state index in [2.05, 4.69) is 43.4 Å². The Kier molecular flexibility index (Phi) is 7.99. The van der Waals surface area contributed by atoms with Crippen molar-refractivity contribution < 1.29 is 9.18 Å². The van der Waals surface area contributed by atoms with Crippen LogP contribution < -0.4 is 5.32 Å². The van der Waals surface area contributed by atoms with Gasteiger partial charge >= 0.3 is 0 Å². The molecule has 0 aliphatic heterocycles. The van der Waals surface area contributed by atoms with Crippen LogP contribution in [0.2, 0.25) is 0 Å². The first kappa shape index (κ1) is 19.5. The summed E-state index contributed by atoms with van der Waals surface area (Å²) in [4.78, 5) is 11.9. The minimum atomic E-state index is -0.164. The molecular formula is C21H26FNOS. The minimum absolute atomic E-state index is 0.0689. The van der Waals surface area contributed by atoms with Gasteiger partial charge in [0.05, 0.1) is 0 Å². The number of halogens is 1. The van der Waals surface area contributed by atoms with E-state index in [0.717, 1.165) is 12.2 Å². The Bertz CT molecular complexity index is 670. The van der Waals surface area contributed by atoms with Gasteiger partial charge < -0.3 is 5.32 Å². The zero-order valence-electron chi connectivity index (χ0n) is 14.9. The van der Waals surface area contributed by atoms with Crippen molar-refractivity contribution >= 4 is 17.7 Å². The van der Waals surface area contributed by atoms with Gasteiger partial charge in [0.1, 0.15) is 5.82 Å². The Labute approximate surface area is 154 Å². The number of aryl methyl sites for hydroxylation is 1. The average Bonchev–Trinajstić information content (AvgIpc) is 2.61. The van der Waals surface area contributed by atoms with Crippen LogP contribution in [0.1, 0.15) is 42.9 Å². The largest absolute Gasteiger partial charge is 0.355 e. The van der Waals surface area contributed by atoms with Crippen molar-refractivity contribution in [2.45, 2.75) is 38.4 Å². The Hall–Kier alpha value is -1.81. The van der Waals surface area contributed by atoms with E-state index in [1.807, 2.05) is 6.07 Å². The number of carbonyl (C=O) groups excluding carboxylic acids is 1. The van der Waals surface area contributed by atoms with Gasteiger partial charge in [0.2, 0.25) is 5.91 Å². The van der Waals surface area contributed by atoms with E-state index in [4.69, 9.17) is 0 Å². The molecule has 4 heteroatoms. The van der Waals surface area contributed by atoms with E-state index in [1.165, 1.54) is 17.2 Å². The molecule has 0 heterocycles. The number of hydrogen-bond acceptors (Lipinski definition) is 2. The molecule has 0 radical (unpaired) electrons. The summed E-state index contributed by atoms with van der Waals surface area (Å²) < 4.78 is 13.5. The second-order valence-electron chi connectivity index (χ2n) is 6.39. The molecule has 0 atom stereocenters. The lowest BCUT2D eigenvalue weighted by Crippen LogP contribution is -2.25. The highest BCUT2D eigenvalue weighted by Gasteiger charge is 2.04. The van der Waals surface area contributed by atoms with E-state index in [-0.39, 0.29) is 11.7 Å². The molecule has 0 aromatic heterocycles. The molecule has 0 spiro atoms. The molecular weight excluding hydrogens is 333 g/mol. The third-order valence-electron chi connectivity index (χ3n) is 4.07. The van der Waals surface area contributed by atoms with Crippen LogP contribution in [-0.2, 0) is 17.0 Å². The molecule has 0 bridgehead atoms. The highest BCUT2D eigenvalue weighted by molar-refractivity contribution is 7.98. The van der Waals surface area contributed by atoms with E-state index in [1.54, 1.807) is 23.9 Å². The number of carbonyl (C=O) groups is 1. The number of nitrogens with one attached hydrogen (secondary N) is 1. The zero-order chi connectivity index (χ0) is 18.1. The lowest BCUT2D eigenvalue weighted by molar-refractivity contribution is -0.120. The highest BCUT2D eigenvalue weighted by atomic mass is 32.2. The number of amides is 1. The van der Waals surface area contributed by atoms with Gasteiger partial charge in [-0.2, -0.15) is 11.8 Å². The fraction of sp³-hybridized carbons (Fsp3) is 0.381. The second kappa shape index (κ2) is 10.2. The monoisotopic (exact) mass is 359 g/mol. The molecule has 2 nitrogen and oxygen atoms in total. The lowest BCUT2D eigenvalue weighted by Gasteiger charge is -2.08. The van der Waals surface area contributed by atoms with Gasteiger partial charge in [-0.3, -0.25) is 4.79 Å². The van der Waals surface area contributed by atoms with Gasteiger partial charge in [-0.15, -0.1) is 0 Å². The summed E-state index contributed by atoms with van der Waals surface area (Å²) in [5.41, 5.74) is 3.22. The molecule has 2 rings (SSSR count). The van der Waals surface area contributed by atoms with E-state index in [9.17, 15) is 9.18 Å². The molecule has 1 amide bonds. The van der Waals surface area contributed by atoms with Gasteiger partial charge in [0.15, 0.2) is 0 Å². The first-order valence-electron chi connectivity index (χ1n) is 8.73. The van der Waals surface area contributed by atoms with Crippen molar-refractivity contribution in [2.24, 2.45) is 0 Å². The van der Waals surface area contributed by atoms with Crippen LogP contribution in [0.15, 0.2) is 48.5 Å². The summed E-state index contributed by atoms with van der Waals surface area (Å²) in [5, 5.41) is 2.93. The summed E-state index contributed by atoms with van der Waals surface area (Å²) in [6.45, 7) is 4.96. The van der Waals surface area contributed by atoms with E-state index < -0.39 is 0 Å². The van der Waals surface area contributed by atoms with Crippen molar-refractivity contribution in [3.8, 4) is 0 Å². The molecule has 0 aliphatic rings. The standard InChI is InChI=1S/C21H26FNOS/c1-16(2)18-10-7-17(8-11-18)9-12-21(24)23-13-14-25-15-19-5-3-4-6-20(19)22/h3-8,10-11,16H,9,12-15H2,1-2H3,(H,23,24). The van der Waals surface area contributed by atoms with Crippen molar-refractivity contribution in [1.29, 1.82) is 0 Å². The molecule has 134 valence electrons.